The smallest absolute Gasteiger partial charge is 0.105 e. The van der Waals surface area contributed by atoms with E-state index < -0.39 is 0 Å². The highest BCUT2D eigenvalue weighted by atomic mass is 15.2. The summed E-state index contributed by atoms with van der Waals surface area (Å²) in [6.07, 6.45) is 6.32. The molecule has 1 aliphatic carbocycles. The van der Waals surface area contributed by atoms with Crippen molar-refractivity contribution in [1.29, 1.82) is 0 Å². The van der Waals surface area contributed by atoms with Gasteiger partial charge in [-0.25, -0.2) is 4.99 Å². The Hall–Kier alpha value is -2.16. The molecule has 0 spiro atoms. The van der Waals surface area contributed by atoms with Crippen LogP contribution in [0.5, 0.6) is 0 Å². The first-order valence-electron chi connectivity index (χ1n) is 6.75. The summed E-state index contributed by atoms with van der Waals surface area (Å²) in [4.78, 5) is 11.5. The lowest BCUT2D eigenvalue weighted by molar-refractivity contribution is 0.865. The molecule has 0 amide bonds. The quantitative estimate of drug-likeness (QED) is 0.817. The SMILES string of the molecule is c1ccc(C2=Nc3cnccc3N(C3CC3)C2)cc1. The lowest BCUT2D eigenvalue weighted by atomic mass is 10.1. The van der Waals surface area contributed by atoms with Gasteiger partial charge in [-0.15, -0.1) is 0 Å². The minimum absolute atomic E-state index is 0.690. The summed E-state index contributed by atoms with van der Waals surface area (Å²) in [5.74, 6) is 0. The zero-order valence-corrected chi connectivity index (χ0v) is 10.7. The minimum Gasteiger partial charge on any atom is -0.361 e. The third-order valence-electron chi connectivity index (χ3n) is 3.76. The number of anilines is 1. The van der Waals surface area contributed by atoms with Gasteiger partial charge >= 0.3 is 0 Å². The van der Waals surface area contributed by atoms with Crippen molar-refractivity contribution < 1.29 is 0 Å². The Bertz CT molecular complexity index is 629. The van der Waals surface area contributed by atoms with Crippen molar-refractivity contribution in [3.8, 4) is 0 Å². The van der Waals surface area contributed by atoms with E-state index in [2.05, 4.69) is 40.2 Å². The van der Waals surface area contributed by atoms with Crippen molar-refractivity contribution >= 4 is 17.1 Å². The molecule has 1 aromatic heterocycles. The van der Waals surface area contributed by atoms with Crippen LogP contribution in [0.15, 0.2) is 53.8 Å². The third-order valence-corrected chi connectivity index (χ3v) is 3.76. The molecule has 0 N–H and O–H groups in total. The van der Waals surface area contributed by atoms with Crippen LogP contribution in [0.1, 0.15) is 18.4 Å². The number of pyridine rings is 1. The average molecular weight is 249 g/mol. The Balaban J connectivity index is 1.80. The molecule has 3 nitrogen and oxygen atoms in total. The maximum absolute atomic E-state index is 4.79. The fraction of sp³-hybridized carbons (Fsp3) is 0.250. The van der Waals surface area contributed by atoms with Gasteiger partial charge in [0.15, 0.2) is 0 Å². The predicted molar refractivity (Wildman–Crippen MR) is 77.2 cm³/mol. The van der Waals surface area contributed by atoms with Gasteiger partial charge in [0.1, 0.15) is 5.69 Å². The molecule has 1 aliphatic heterocycles. The highest BCUT2D eigenvalue weighted by Crippen LogP contribution is 2.39. The molecule has 2 aromatic rings. The summed E-state index contributed by atoms with van der Waals surface area (Å²) in [6.45, 7) is 0.908. The summed E-state index contributed by atoms with van der Waals surface area (Å²) in [5, 5.41) is 0. The molecule has 94 valence electrons. The van der Waals surface area contributed by atoms with Crippen LogP contribution in [0.2, 0.25) is 0 Å². The number of hydrogen-bond acceptors (Lipinski definition) is 3. The molecule has 1 saturated carbocycles. The van der Waals surface area contributed by atoms with Crippen LogP contribution >= 0.6 is 0 Å². The van der Waals surface area contributed by atoms with E-state index in [4.69, 9.17) is 4.99 Å². The van der Waals surface area contributed by atoms with E-state index in [0.717, 1.165) is 17.9 Å². The van der Waals surface area contributed by atoms with Gasteiger partial charge < -0.3 is 4.90 Å². The standard InChI is InChI=1S/C16H15N3/c1-2-4-12(5-3-1)15-11-19(13-6-7-13)16-8-9-17-10-14(16)18-15/h1-5,8-10,13H,6-7,11H2. The Morgan fingerprint density at radius 2 is 1.89 bits per heavy atom. The van der Waals surface area contributed by atoms with E-state index in [1.165, 1.54) is 24.1 Å². The normalized spacial score (nSPS) is 17.9. The Morgan fingerprint density at radius 3 is 2.68 bits per heavy atom. The lowest BCUT2D eigenvalue weighted by Gasteiger charge is -2.30. The number of aliphatic imine (C=N–C) groups is 1. The second-order valence-electron chi connectivity index (χ2n) is 5.15. The maximum Gasteiger partial charge on any atom is 0.105 e. The molecular formula is C16H15N3. The Kier molecular flexibility index (Phi) is 2.37. The van der Waals surface area contributed by atoms with Crippen molar-refractivity contribution in [2.45, 2.75) is 18.9 Å². The first kappa shape index (κ1) is 10.7. The molecule has 1 aromatic carbocycles. The zero-order chi connectivity index (χ0) is 12.7. The highest BCUT2D eigenvalue weighted by molar-refractivity contribution is 6.07. The van der Waals surface area contributed by atoms with Gasteiger partial charge in [-0.3, -0.25) is 4.98 Å². The Labute approximate surface area is 112 Å². The van der Waals surface area contributed by atoms with Crippen LogP contribution in [-0.4, -0.2) is 23.3 Å². The molecule has 3 heteroatoms. The summed E-state index contributed by atoms with van der Waals surface area (Å²) in [5.41, 5.74) is 4.59. The number of fused-ring (bicyclic) bond motifs is 1. The molecule has 0 radical (unpaired) electrons. The minimum atomic E-state index is 0.690. The molecule has 0 unspecified atom stereocenters. The van der Waals surface area contributed by atoms with Gasteiger partial charge in [0.25, 0.3) is 0 Å². The van der Waals surface area contributed by atoms with E-state index in [-0.39, 0.29) is 0 Å². The number of nitrogens with zero attached hydrogens (tertiary/aromatic N) is 3. The van der Waals surface area contributed by atoms with Gasteiger partial charge in [0.05, 0.1) is 24.1 Å². The van der Waals surface area contributed by atoms with Gasteiger partial charge in [-0.2, -0.15) is 0 Å². The molecule has 0 saturated heterocycles. The summed E-state index contributed by atoms with van der Waals surface area (Å²) < 4.78 is 0. The number of aromatic nitrogens is 1. The molecule has 0 bridgehead atoms. The summed E-state index contributed by atoms with van der Waals surface area (Å²) in [7, 11) is 0. The van der Waals surface area contributed by atoms with Crippen LogP contribution < -0.4 is 4.90 Å². The van der Waals surface area contributed by atoms with E-state index in [1.54, 1.807) is 0 Å². The van der Waals surface area contributed by atoms with E-state index in [0.29, 0.717) is 6.04 Å². The number of rotatable bonds is 2. The van der Waals surface area contributed by atoms with Gasteiger partial charge in [-0.1, -0.05) is 30.3 Å². The fourth-order valence-corrected chi connectivity index (χ4v) is 2.63. The van der Waals surface area contributed by atoms with Crippen molar-refractivity contribution in [1.82, 2.24) is 4.98 Å². The van der Waals surface area contributed by atoms with Crippen molar-refractivity contribution in [3.63, 3.8) is 0 Å². The van der Waals surface area contributed by atoms with Crippen LogP contribution in [-0.2, 0) is 0 Å². The summed E-state index contributed by atoms with van der Waals surface area (Å²) >= 11 is 0. The molecule has 19 heavy (non-hydrogen) atoms. The lowest BCUT2D eigenvalue weighted by Crippen LogP contribution is -2.34. The Morgan fingerprint density at radius 1 is 1.05 bits per heavy atom. The molecule has 0 atom stereocenters. The first-order valence-corrected chi connectivity index (χ1v) is 6.75. The monoisotopic (exact) mass is 249 g/mol. The van der Waals surface area contributed by atoms with Crippen LogP contribution in [0.4, 0.5) is 11.4 Å². The number of benzene rings is 1. The second kappa shape index (κ2) is 4.19. The fourth-order valence-electron chi connectivity index (χ4n) is 2.63. The van der Waals surface area contributed by atoms with Crippen molar-refractivity contribution in [3.05, 3.63) is 54.4 Å². The van der Waals surface area contributed by atoms with Crippen LogP contribution in [0, 0.1) is 0 Å². The van der Waals surface area contributed by atoms with Gasteiger partial charge in [0.2, 0.25) is 0 Å². The molecule has 2 aliphatic rings. The van der Waals surface area contributed by atoms with Gasteiger partial charge in [-0.05, 0) is 24.5 Å². The predicted octanol–water partition coefficient (Wildman–Crippen LogP) is 3.18. The van der Waals surface area contributed by atoms with E-state index in [1.807, 2.05) is 18.5 Å². The third kappa shape index (κ3) is 1.91. The van der Waals surface area contributed by atoms with E-state index in [9.17, 15) is 0 Å². The molecular weight excluding hydrogens is 234 g/mol. The second-order valence-corrected chi connectivity index (χ2v) is 5.15. The molecule has 2 heterocycles. The first-order chi connectivity index (χ1) is 9.42. The van der Waals surface area contributed by atoms with E-state index >= 15 is 0 Å². The van der Waals surface area contributed by atoms with Crippen LogP contribution in [0.25, 0.3) is 0 Å². The zero-order valence-electron chi connectivity index (χ0n) is 10.7. The molecule has 1 fully saturated rings. The van der Waals surface area contributed by atoms with Crippen molar-refractivity contribution in [2.75, 3.05) is 11.4 Å². The van der Waals surface area contributed by atoms with Gasteiger partial charge in [0, 0.05) is 12.2 Å². The largest absolute Gasteiger partial charge is 0.361 e. The summed E-state index contributed by atoms with van der Waals surface area (Å²) in [6, 6.07) is 13.2. The number of hydrogen-bond donors (Lipinski definition) is 0. The maximum atomic E-state index is 4.79. The van der Waals surface area contributed by atoms with Crippen LogP contribution in [0.3, 0.4) is 0 Å². The van der Waals surface area contributed by atoms with Crippen molar-refractivity contribution in [2.24, 2.45) is 4.99 Å². The highest BCUT2D eigenvalue weighted by Gasteiger charge is 2.33. The molecule has 4 rings (SSSR count). The average Bonchev–Trinajstić information content (AvgIpc) is 3.32. The topological polar surface area (TPSA) is 28.5 Å².